The van der Waals surface area contributed by atoms with Gasteiger partial charge in [0.15, 0.2) is 0 Å². The maximum absolute atomic E-state index is 8.74. The van der Waals surface area contributed by atoms with Gasteiger partial charge in [-0.25, -0.2) is 0 Å². The second kappa shape index (κ2) is 6.87. The van der Waals surface area contributed by atoms with Crippen LogP contribution < -0.4 is 5.48 Å². The van der Waals surface area contributed by atoms with E-state index in [0.29, 0.717) is 0 Å². The lowest BCUT2D eigenvalue weighted by Gasteiger charge is -2.19. The van der Waals surface area contributed by atoms with Gasteiger partial charge >= 0.3 is 0 Å². The Morgan fingerprint density at radius 1 is 1.31 bits per heavy atom. The van der Waals surface area contributed by atoms with Crippen LogP contribution in [-0.2, 0) is 0 Å². The second-order valence-electron chi connectivity index (χ2n) is 3.89. The Hall–Kier alpha value is -0.600. The third-order valence-electron chi connectivity index (χ3n) is 1.88. The first-order valence-electron chi connectivity index (χ1n) is 4.79. The highest BCUT2D eigenvalue weighted by Crippen LogP contribution is 2.08. The van der Waals surface area contributed by atoms with Crippen LogP contribution in [0.3, 0.4) is 0 Å². The largest absolute Gasteiger partial charge is 0.316 e. The van der Waals surface area contributed by atoms with Gasteiger partial charge in [-0.15, -0.1) is 6.58 Å². The molecule has 0 saturated carbocycles. The monoisotopic (exact) mass is 183 g/mol. The Labute approximate surface area is 81.3 Å². The van der Waals surface area contributed by atoms with E-state index in [1.807, 2.05) is 19.9 Å². The molecule has 0 fully saturated rings. The van der Waals surface area contributed by atoms with Gasteiger partial charge in [0.25, 0.3) is 0 Å². The molecule has 0 aliphatic rings. The van der Waals surface area contributed by atoms with Gasteiger partial charge in [-0.2, -0.15) is 5.48 Å². The number of nitrogens with one attached hydrogen (secondary N) is 1. The number of allylic oxidation sites excluding steroid dienone is 2. The molecule has 13 heavy (non-hydrogen) atoms. The van der Waals surface area contributed by atoms with Gasteiger partial charge in [0.2, 0.25) is 0 Å². The molecule has 0 amide bonds. The molecule has 0 bridgehead atoms. The highest BCUT2D eigenvalue weighted by Gasteiger charge is 2.12. The quantitative estimate of drug-likeness (QED) is 0.361. The fourth-order valence-electron chi connectivity index (χ4n) is 0.921. The van der Waals surface area contributed by atoms with E-state index in [1.54, 1.807) is 0 Å². The van der Waals surface area contributed by atoms with Crippen LogP contribution in [0.1, 0.15) is 39.5 Å². The molecule has 0 saturated heterocycles. The second-order valence-corrected chi connectivity index (χ2v) is 3.89. The van der Waals surface area contributed by atoms with Crippen LogP contribution in [0.4, 0.5) is 0 Å². The molecule has 0 aliphatic carbocycles. The number of hydrogen-bond donors (Lipinski definition) is 2. The maximum atomic E-state index is 8.74. The summed E-state index contributed by atoms with van der Waals surface area (Å²) in [7, 11) is 0. The summed E-state index contributed by atoms with van der Waals surface area (Å²) in [5, 5.41) is 8.74. The molecule has 0 aromatic rings. The van der Waals surface area contributed by atoms with E-state index in [1.165, 1.54) is 0 Å². The smallest absolute Gasteiger partial charge is 0.0408 e. The molecule has 0 aromatic heterocycles. The molecule has 0 radical (unpaired) electrons. The Morgan fingerprint density at radius 2 is 2.00 bits per heavy atom. The van der Waals surface area contributed by atoms with E-state index in [4.69, 9.17) is 5.21 Å². The third-order valence-corrected chi connectivity index (χ3v) is 1.88. The van der Waals surface area contributed by atoms with Crippen molar-refractivity contribution in [1.82, 2.24) is 5.48 Å². The average Bonchev–Trinajstić information content (AvgIpc) is 2.11. The molecule has 2 nitrogen and oxygen atoms in total. The van der Waals surface area contributed by atoms with E-state index in [-0.39, 0.29) is 5.54 Å². The van der Waals surface area contributed by atoms with Crippen LogP contribution in [0.5, 0.6) is 0 Å². The van der Waals surface area contributed by atoms with E-state index >= 15 is 0 Å². The van der Waals surface area contributed by atoms with Crippen LogP contribution in [0.15, 0.2) is 24.8 Å². The first kappa shape index (κ1) is 12.4. The van der Waals surface area contributed by atoms with E-state index in [9.17, 15) is 0 Å². The number of unbranched alkanes of at least 4 members (excludes halogenated alkanes) is 2. The molecule has 0 aromatic carbocycles. The lowest BCUT2D eigenvalue weighted by Crippen LogP contribution is -2.35. The fourth-order valence-corrected chi connectivity index (χ4v) is 0.921. The topological polar surface area (TPSA) is 32.3 Å². The van der Waals surface area contributed by atoms with Crippen LogP contribution in [0.25, 0.3) is 0 Å². The van der Waals surface area contributed by atoms with E-state index in [2.05, 4.69) is 24.2 Å². The summed E-state index contributed by atoms with van der Waals surface area (Å²) in [4.78, 5) is 0. The summed E-state index contributed by atoms with van der Waals surface area (Å²) in [6.07, 6.45) is 10.4. The zero-order valence-corrected chi connectivity index (χ0v) is 8.71. The van der Waals surface area contributed by atoms with E-state index in [0.717, 1.165) is 25.7 Å². The standard InChI is InChI=1S/C11H21NO/c1-4-5-6-7-8-9-10-11(2,3)12-13/h4,8-9,12-13H,1,5-7,10H2,2-3H3. The first-order chi connectivity index (χ1) is 6.12. The zero-order chi connectivity index (χ0) is 10.2. The van der Waals surface area contributed by atoms with Gasteiger partial charge in [0, 0.05) is 5.54 Å². The van der Waals surface area contributed by atoms with Crippen molar-refractivity contribution in [3.05, 3.63) is 24.8 Å². The van der Waals surface area contributed by atoms with Crippen LogP contribution >= 0.6 is 0 Å². The van der Waals surface area contributed by atoms with Crippen molar-refractivity contribution < 1.29 is 5.21 Å². The van der Waals surface area contributed by atoms with Crippen molar-refractivity contribution >= 4 is 0 Å². The minimum absolute atomic E-state index is 0.213. The predicted octanol–water partition coefficient (Wildman–Crippen LogP) is 3.05. The molecule has 0 atom stereocenters. The first-order valence-corrected chi connectivity index (χ1v) is 4.79. The molecule has 2 N–H and O–H groups in total. The number of hydrogen-bond acceptors (Lipinski definition) is 2. The summed E-state index contributed by atoms with van der Waals surface area (Å²) in [6, 6.07) is 0. The molecular formula is C11H21NO. The van der Waals surface area contributed by atoms with Gasteiger partial charge in [-0.3, -0.25) is 0 Å². The van der Waals surface area contributed by atoms with Crippen LogP contribution in [0, 0.1) is 0 Å². The van der Waals surface area contributed by atoms with Crippen molar-refractivity contribution in [2.75, 3.05) is 0 Å². The highest BCUT2D eigenvalue weighted by atomic mass is 16.5. The zero-order valence-electron chi connectivity index (χ0n) is 8.71. The molecule has 2 heteroatoms. The fraction of sp³-hybridized carbons (Fsp3) is 0.636. The summed E-state index contributed by atoms with van der Waals surface area (Å²) < 4.78 is 0. The third kappa shape index (κ3) is 7.75. The van der Waals surface area contributed by atoms with Gasteiger partial charge < -0.3 is 5.21 Å². The summed E-state index contributed by atoms with van der Waals surface area (Å²) in [5.74, 6) is 0. The normalized spacial score (nSPS) is 12.2. The summed E-state index contributed by atoms with van der Waals surface area (Å²) >= 11 is 0. The Balaban J connectivity index is 3.45. The maximum Gasteiger partial charge on any atom is 0.0408 e. The molecule has 76 valence electrons. The molecule has 0 unspecified atom stereocenters. The Bertz CT molecular complexity index is 161. The minimum Gasteiger partial charge on any atom is -0.316 e. The average molecular weight is 183 g/mol. The van der Waals surface area contributed by atoms with Crippen molar-refractivity contribution in [2.24, 2.45) is 0 Å². The van der Waals surface area contributed by atoms with Crippen molar-refractivity contribution in [3.8, 4) is 0 Å². The van der Waals surface area contributed by atoms with Gasteiger partial charge in [-0.1, -0.05) is 18.2 Å². The number of rotatable bonds is 7. The SMILES string of the molecule is C=CCCCC=CCC(C)(C)NO. The van der Waals surface area contributed by atoms with Crippen molar-refractivity contribution in [3.63, 3.8) is 0 Å². The predicted molar refractivity (Wildman–Crippen MR) is 56.8 cm³/mol. The Kier molecular flexibility index (Phi) is 6.55. The highest BCUT2D eigenvalue weighted by molar-refractivity contribution is 4.90. The summed E-state index contributed by atoms with van der Waals surface area (Å²) in [6.45, 7) is 7.58. The van der Waals surface area contributed by atoms with Gasteiger partial charge in [-0.05, 0) is 39.5 Å². The summed E-state index contributed by atoms with van der Waals surface area (Å²) in [5.41, 5.74) is 2.06. The molecule has 0 rings (SSSR count). The minimum atomic E-state index is -0.213. The molecule has 0 aliphatic heterocycles. The number of hydroxylamine groups is 1. The van der Waals surface area contributed by atoms with Crippen molar-refractivity contribution in [2.45, 2.75) is 45.1 Å². The van der Waals surface area contributed by atoms with Gasteiger partial charge in [0.05, 0.1) is 0 Å². The van der Waals surface area contributed by atoms with Crippen molar-refractivity contribution in [1.29, 1.82) is 0 Å². The molecular weight excluding hydrogens is 162 g/mol. The lowest BCUT2D eigenvalue weighted by molar-refractivity contribution is 0.0831. The lowest BCUT2D eigenvalue weighted by atomic mass is 10.0. The molecule has 0 heterocycles. The Morgan fingerprint density at radius 3 is 2.54 bits per heavy atom. The van der Waals surface area contributed by atoms with E-state index < -0.39 is 0 Å². The van der Waals surface area contributed by atoms with Crippen LogP contribution in [-0.4, -0.2) is 10.7 Å². The molecule has 0 spiro atoms. The van der Waals surface area contributed by atoms with Gasteiger partial charge in [0.1, 0.15) is 0 Å². The van der Waals surface area contributed by atoms with Crippen LogP contribution in [0.2, 0.25) is 0 Å².